The van der Waals surface area contributed by atoms with E-state index in [1.54, 1.807) is 17.0 Å². The third-order valence-corrected chi connectivity index (χ3v) is 5.27. The van der Waals surface area contributed by atoms with E-state index in [0.717, 1.165) is 23.9 Å². The summed E-state index contributed by atoms with van der Waals surface area (Å²) in [4.78, 5) is 13.6. The number of carbonyl (C=O) groups is 1. The molecule has 0 aliphatic heterocycles. The third-order valence-electron chi connectivity index (χ3n) is 5.27. The molecule has 0 bridgehead atoms. The Morgan fingerprint density at radius 3 is 2.06 bits per heavy atom. The molecule has 0 amide bonds. The lowest BCUT2D eigenvalue weighted by molar-refractivity contribution is 0.103. The van der Waals surface area contributed by atoms with Crippen LogP contribution in [0.2, 0.25) is 0 Å². The van der Waals surface area contributed by atoms with Gasteiger partial charge in [-0.3, -0.25) is 4.79 Å². The Labute approximate surface area is 189 Å². The van der Waals surface area contributed by atoms with Crippen LogP contribution in [0.1, 0.15) is 15.9 Å². The smallest absolute Gasteiger partial charge is 0.203 e. The summed E-state index contributed by atoms with van der Waals surface area (Å²) >= 11 is 0. The van der Waals surface area contributed by atoms with Gasteiger partial charge in [0.2, 0.25) is 5.75 Å². The van der Waals surface area contributed by atoms with Crippen molar-refractivity contribution < 1.29 is 27.8 Å². The minimum atomic E-state index is -0.638. The van der Waals surface area contributed by atoms with Crippen LogP contribution in [-0.4, -0.2) is 31.7 Å². The number of ether oxygens (including phenoxy) is 3. The van der Waals surface area contributed by atoms with Crippen molar-refractivity contribution in [2.45, 2.75) is 0 Å². The number of hydrogen-bond acceptors (Lipinski definition) is 4. The lowest BCUT2D eigenvalue weighted by atomic mass is 9.97. The molecule has 4 aromatic rings. The van der Waals surface area contributed by atoms with Gasteiger partial charge in [0.1, 0.15) is 11.6 Å². The summed E-state index contributed by atoms with van der Waals surface area (Å²) in [7, 11) is 4.36. The van der Waals surface area contributed by atoms with Gasteiger partial charge in [-0.2, -0.15) is 0 Å². The second-order valence-corrected chi connectivity index (χ2v) is 7.20. The van der Waals surface area contributed by atoms with Crippen molar-refractivity contribution in [3.8, 4) is 34.1 Å². The average molecular weight is 449 g/mol. The SMILES string of the molecule is COc1cc(C(=O)c2cn(-c3ccccc3)cc2-c2cc(F)ccc2F)cc(OC)c1OC. The van der Waals surface area contributed by atoms with Gasteiger partial charge < -0.3 is 18.8 Å². The van der Waals surface area contributed by atoms with E-state index >= 15 is 0 Å². The van der Waals surface area contributed by atoms with Crippen LogP contribution in [0.25, 0.3) is 16.8 Å². The van der Waals surface area contributed by atoms with Crippen molar-refractivity contribution in [1.29, 1.82) is 0 Å². The molecule has 0 N–H and O–H groups in total. The Morgan fingerprint density at radius 1 is 0.788 bits per heavy atom. The Kier molecular flexibility index (Phi) is 6.13. The summed E-state index contributed by atoms with van der Waals surface area (Å²) in [5, 5.41) is 0. The molecule has 0 unspecified atom stereocenters. The number of aromatic nitrogens is 1. The first-order chi connectivity index (χ1) is 16.0. The number of rotatable bonds is 7. The maximum absolute atomic E-state index is 14.7. The molecule has 0 fully saturated rings. The molecule has 0 saturated heterocycles. The standard InChI is InChI=1S/C26H21F2NO4/c1-31-23-11-16(12-24(32-2)26(23)33-3)25(30)21-15-29(18-7-5-4-6-8-18)14-20(21)19-13-17(27)9-10-22(19)28/h4-15H,1-3H3. The number of hydrogen-bond donors (Lipinski definition) is 0. The van der Waals surface area contributed by atoms with Gasteiger partial charge in [0, 0.05) is 40.3 Å². The van der Waals surface area contributed by atoms with E-state index in [4.69, 9.17) is 14.2 Å². The van der Waals surface area contributed by atoms with Crippen LogP contribution in [0.15, 0.2) is 73.1 Å². The predicted octanol–water partition coefficient (Wildman–Crippen LogP) is 5.68. The van der Waals surface area contributed by atoms with E-state index < -0.39 is 17.4 Å². The molecule has 5 nitrogen and oxygen atoms in total. The highest BCUT2D eigenvalue weighted by Crippen LogP contribution is 2.39. The van der Waals surface area contributed by atoms with Crippen LogP contribution in [0.5, 0.6) is 17.2 Å². The number of halogens is 2. The quantitative estimate of drug-likeness (QED) is 0.341. The van der Waals surface area contributed by atoms with Crippen LogP contribution < -0.4 is 14.2 Å². The van der Waals surface area contributed by atoms with Crippen LogP contribution in [0.4, 0.5) is 8.78 Å². The minimum Gasteiger partial charge on any atom is -0.493 e. The summed E-state index contributed by atoms with van der Waals surface area (Å²) in [6.45, 7) is 0. The van der Waals surface area contributed by atoms with E-state index in [1.807, 2.05) is 30.3 Å². The number of methoxy groups -OCH3 is 3. The van der Waals surface area contributed by atoms with Gasteiger partial charge in [0.25, 0.3) is 0 Å². The van der Waals surface area contributed by atoms with Gasteiger partial charge in [-0.25, -0.2) is 8.78 Å². The van der Waals surface area contributed by atoms with Crippen molar-refractivity contribution in [1.82, 2.24) is 4.57 Å². The Hall–Kier alpha value is -4.13. The van der Waals surface area contributed by atoms with Crippen molar-refractivity contribution in [3.63, 3.8) is 0 Å². The summed E-state index contributed by atoms with van der Waals surface area (Å²) in [6, 6.07) is 15.4. The highest BCUT2D eigenvalue weighted by Gasteiger charge is 2.24. The second kappa shape index (κ2) is 9.16. The lowest BCUT2D eigenvalue weighted by Gasteiger charge is -2.14. The van der Waals surface area contributed by atoms with Crippen LogP contribution in [-0.2, 0) is 0 Å². The Bertz CT molecular complexity index is 1290. The van der Waals surface area contributed by atoms with Crippen molar-refractivity contribution in [2.24, 2.45) is 0 Å². The fourth-order valence-electron chi connectivity index (χ4n) is 3.67. The number of benzene rings is 3. The molecular weight excluding hydrogens is 428 g/mol. The summed E-state index contributed by atoms with van der Waals surface area (Å²) in [5.74, 6) is -0.703. The van der Waals surface area contributed by atoms with Gasteiger partial charge in [0.15, 0.2) is 17.3 Å². The highest BCUT2D eigenvalue weighted by molar-refractivity contribution is 6.13. The maximum Gasteiger partial charge on any atom is 0.203 e. The molecular formula is C26H21F2NO4. The first-order valence-electron chi connectivity index (χ1n) is 10.0. The normalized spacial score (nSPS) is 10.7. The monoisotopic (exact) mass is 449 g/mol. The zero-order chi connectivity index (χ0) is 23.5. The zero-order valence-corrected chi connectivity index (χ0v) is 18.3. The number of carbonyl (C=O) groups excluding carboxylic acids is 1. The van der Waals surface area contributed by atoms with E-state index in [0.29, 0.717) is 17.2 Å². The van der Waals surface area contributed by atoms with E-state index in [1.165, 1.54) is 33.5 Å². The molecule has 0 aliphatic carbocycles. The molecule has 0 atom stereocenters. The number of nitrogens with zero attached hydrogens (tertiary/aromatic N) is 1. The maximum atomic E-state index is 14.7. The first kappa shape index (κ1) is 22.1. The molecule has 7 heteroatoms. The molecule has 4 rings (SSSR count). The van der Waals surface area contributed by atoms with Gasteiger partial charge >= 0.3 is 0 Å². The van der Waals surface area contributed by atoms with E-state index in [9.17, 15) is 13.6 Å². The van der Waals surface area contributed by atoms with Crippen LogP contribution in [0, 0.1) is 11.6 Å². The van der Waals surface area contributed by atoms with Gasteiger partial charge in [-0.1, -0.05) is 18.2 Å². The molecule has 1 heterocycles. The molecule has 0 saturated carbocycles. The topological polar surface area (TPSA) is 49.7 Å². The highest BCUT2D eigenvalue weighted by atomic mass is 19.1. The van der Waals surface area contributed by atoms with E-state index in [-0.39, 0.29) is 22.3 Å². The van der Waals surface area contributed by atoms with Crippen molar-refractivity contribution in [2.75, 3.05) is 21.3 Å². The molecule has 3 aromatic carbocycles. The third kappa shape index (κ3) is 4.17. The van der Waals surface area contributed by atoms with Crippen molar-refractivity contribution in [3.05, 3.63) is 95.8 Å². The molecule has 33 heavy (non-hydrogen) atoms. The van der Waals surface area contributed by atoms with Gasteiger partial charge in [-0.15, -0.1) is 0 Å². The lowest BCUT2D eigenvalue weighted by Crippen LogP contribution is -2.05. The summed E-state index contributed by atoms with van der Waals surface area (Å²) < 4.78 is 46.4. The van der Waals surface area contributed by atoms with Crippen LogP contribution >= 0.6 is 0 Å². The summed E-state index contributed by atoms with van der Waals surface area (Å²) in [6.07, 6.45) is 3.21. The summed E-state index contributed by atoms with van der Waals surface area (Å²) in [5.41, 5.74) is 1.44. The Balaban J connectivity index is 1.92. The van der Waals surface area contributed by atoms with Crippen molar-refractivity contribution >= 4 is 5.78 Å². The predicted molar refractivity (Wildman–Crippen MR) is 121 cm³/mol. The molecule has 168 valence electrons. The largest absolute Gasteiger partial charge is 0.493 e. The molecule has 0 radical (unpaired) electrons. The molecule has 0 spiro atoms. The minimum absolute atomic E-state index is 0.0135. The number of para-hydroxylation sites is 1. The number of ketones is 1. The molecule has 1 aromatic heterocycles. The Morgan fingerprint density at radius 2 is 1.45 bits per heavy atom. The molecule has 0 aliphatic rings. The zero-order valence-electron chi connectivity index (χ0n) is 18.3. The fourth-order valence-corrected chi connectivity index (χ4v) is 3.67. The van der Waals surface area contributed by atoms with Crippen LogP contribution in [0.3, 0.4) is 0 Å². The van der Waals surface area contributed by atoms with Gasteiger partial charge in [-0.05, 0) is 42.5 Å². The average Bonchev–Trinajstić information content (AvgIpc) is 3.29. The van der Waals surface area contributed by atoms with Gasteiger partial charge in [0.05, 0.1) is 21.3 Å². The fraction of sp³-hybridized carbons (Fsp3) is 0.115. The first-order valence-corrected chi connectivity index (χ1v) is 10.0. The van der Waals surface area contributed by atoms with E-state index in [2.05, 4.69) is 0 Å². The second-order valence-electron chi connectivity index (χ2n) is 7.20.